The van der Waals surface area contributed by atoms with Gasteiger partial charge in [-0.1, -0.05) is 41.5 Å². The molecular weight excluding hydrogens is 440 g/mol. The molecule has 6 rings (SSSR count). The molecule has 4 aliphatic heterocycles. The number of hydrogen-bond donors (Lipinski definition) is 1. The van der Waals surface area contributed by atoms with Crippen LogP contribution in [0.5, 0.6) is 0 Å². The lowest BCUT2D eigenvalue weighted by Gasteiger charge is -2.70. The average Bonchev–Trinajstić information content (AvgIpc) is 3.14. The van der Waals surface area contributed by atoms with Crippen molar-refractivity contribution < 1.29 is 24.1 Å². The summed E-state index contributed by atoms with van der Waals surface area (Å²) in [6, 6.07) is 0. The van der Waals surface area contributed by atoms with Crippen LogP contribution in [0.2, 0.25) is 0 Å². The molecule has 4 heterocycles. The van der Waals surface area contributed by atoms with Gasteiger partial charge in [0.15, 0.2) is 5.79 Å². The molecule has 5 heteroatoms. The molecule has 0 amide bonds. The van der Waals surface area contributed by atoms with Crippen molar-refractivity contribution in [1.29, 1.82) is 0 Å². The van der Waals surface area contributed by atoms with Crippen molar-refractivity contribution in [2.75, 3.05) is 0 Å². The van der Waals surface area contributed by atoms with Crippen LogP contribution in [-0.4, -0.2) is 45.7 Å². The molecule has 0 radical (unpaired) electrons. The fourth-order valence-corrected chi connectivity index (χ4v) is 9.11. The quantitative estimate of drug-likeness (QED) is 0.460. The number of Topliss-reactive ketones (excluding diaryl/α,β-unsaturated/α-hetero) is 1. The second-order valence-corrected chi connectivity index (χ2v) is 14.3. The number of carbonyl (C=O) groups excluding carboxylic acids is 1. The van der Waals surface area contributed by atoms with E-state index in [1.165, 1.54) is 6.42 Å². The van der Waals surface area contributed by atoms with Gasteiger partial charge in [0, 0.05) is 29.6 Å². The van der Waals surface area contributed by atoms with Gasteiger partial charge in [0.2, 0.25) is 0 Å². The minimum Gasteiger partial charge on any atom is -0.370 e. The molecule has 1 unspecified atom stereocenters. The first-order valence-corrected chi connectivity index (χ1v) is 14.5. The Balaban J connectivity index is 1.41. The molecule has 1 spiro atoms. The van der Waals surface area contributed by atoms with Crippen LogP contribution in [0.25, 0.3) is 0 Å². The third-order valence-corrected chi connectivity index (χ3v) is 12.2. The molecule has 0 aromatic carbocycles. The Morgan fingerprint density at radius 3 is 2.17 bits per heavy atom. The molecule has 4 saturated heterocycles. The number of aliphatic hydroxyl groups is 1. The Labute approximate surface area is 213 Å². The van der Waals surface area contributed by atoms with E-state index in [1.54, 1.807) is 0 Å². The largest absolute Gasteiger partial charge is 0.370 e. The molecule has 5 nitrogen and oxygen atoms in total. The first-order valence-electron chi connectivity index (χ1n) is 14.5. The van der Waals surface area contributed by atoms with Crippen molar-refractivity contribution in [3.8, 4) is 0 Å². The van der Waals surface area contributed by atoms with Gasteiger partial charge >= 0.3 is 0 Å². The number of carbonyl (C=O) groups is 1. The molecule has 0 aromatic rings. The third kappa shape index (κ3) is 3.29. The van der Waals surface area contributed by atoms with E-state index in [0.717, 1.165) is 44.9 Å². The molecular formula is C30H50O5. The van der Waals surface area contributed by atoms with Gasteiger partial charge in [-0.2, -0.15) is 0 Å². The summed E-state index contributed by atoms with van der Waals surface area (Å²) >= 11 is 0. The van der Waals surface area contributed by atoms with Crippen LogP contribution < -0.4 is 0 Å². The van der Waals surface area contributed by atoms with E-state index in [-0.39, 0.29) is 34.6 Å². The average molecular weight is 491 g/mol. The van der Waals surface area contributed by atoms with Crippen LogP contribution in [0.3, 0.4) is 0 Å². The second-order valence-electron chi connectivity index (χ2n) is 14.3. The van der Waals surface area contributed by atoms with Gasteiger partial charge in [0.25, 0.3) is 0 Å². The zero-order chi connectivity index (χ0) is 25.7. The SMILES string of the molecule is CC(C)C(=O)CC[C@@]1(C)[C@@H]2CC[C@H](C)[C@@]1(CC[C@@]1(C)[C@@H](C)CC[C@@H]3OC(C)(C)[C@@]4(O)CCC31O4)O2. The van der Waals surface area contributed by atoms with Crippen molar-refractivity contribution in [3.05, 3.63) is 0 Å². The van der Waals surface area contributed by atoms with Gasteiger partial charge in [-0.25, -0.2) is 0 Å². The zero-order valence-electron chi connectivity index (χ0n) is 23.5. The molecule has 6 aliphatic rings. The van der Waals surface area contributed by atoms with E-state index >= 15 is 0 Å². The summed E-state index contributed by atoms with van der Waals surface area (Å²) in [6.07, 6.45) is 9.75. The van der Waals surface area contributed by atoms with E-state index in [2.05, 4.69) is 27.7 Å². The molecule has 2 saturated carbocycles. The van der Waals surface area contributed by atoms with Gasteiger partial charge in [0.1, 0.15) is 17.0 Å². The monoisotopic (exact) mass is 490 g/mol. The highest BCUT2D eigenvalue weighted by atomic mass is 16.7. The van der Waals surface area contributed by atoms with Crippen molar-refractivity contribution in [1.82, 2.24) is 0 Å². The summed E-state index contributed by atoms with van der Waals surface area (Å²) in [5, 5.41) is 11.5. The van der Waals surface area contributed by atoms with E-state index in [9.17, 15) is 9.90 Å². The summed E-state index contributed by atoms with van der Waals surface area (Å²) in [5.41, 5.74) is -1.38. The lowest BCUT2D eigenvalue weighted by molar-refractivity contribution is -0.412. The minimum absolute atomic E-state index is 0.0212. The highest BCUT2D eigenvalue weighted by Gasteiger charge is 2.74. The van der Waals surface area contributed by atoms with Crippen LogP contribution >= 0.6 is 0 Å². The fourth-order valence-electron chi connectivity index (χ4n) is 9.11. The molecule has 0 aromatic heterocycles. The smallest absolute Gasteiger partial charge is 0.195 e. The standard InChI is InChI=1S/C30H50O5/c1-19(2)22(31)13-14-27(8)23-11-10-21(4)28(27,34-23)16-15-26(7)20(3)9-12-24-29(26)17-18-30(32,35-29)25(5,6)33-24/h19-21,23-24,32H,9-18H2,1-8H3/t20-,21-,23-,24-,26-,27-,28+,29?,30+/m0/s1. The summed E-state index contributed by atoms with van der Waals surface area (Å²) in [4.78, 5) is 12.6. The Kier molecular flexibility index (Phi) is 5.98. The van der Waals surface area contributed by atoms with Crippen LogP contribution in [0.4, 0.5) is 0 Å². The molecule has 2 aliphatic carbocycles. The first-order chi connectivity index (χ1) is 16.2. The number of ketones is 1. The number of ether oxygens (including phenoxy) is 3. The predicted octanol–water partition coefficient (Wildman–Crippen LogP) is 6.20. The normalized spacial score (nSPS) is 52.2. The topological polar surface area (TPSA) is 65.0 Å². The Bertz CT molecular complexity index is 869. The summed E-state index contributed by atoms with van der Waals surface area (Å²) in [6.45, 7) is 17.5. The number of fused-ring (bicyclic) bond motifs is 3. The Hall–Kier alpha value is -0.490. The van der Waals surface area contributed by atoms with Crippen molar-refractivity contribution in [2.45, 2.75) is 154 Å². The highest BCUT2D eigenvalue weighted by Crippen LogP contribution is 2.68. The van der Waals surface area contributed by atoms with E-state index < -0.39 is 17.0 Å². The van der Waals surface area contributed by atoms with Gasteiger partial charge < -0.3 is 19.3 Å². The minimum atomic E-state index is -1.22. The van der Waals surface area contributed by atoms with E-state index in [1.807, 2.05) is 27.7 Å². The lowest BCUT2D eigenvalue weighted by atomic mass is 9.48. The van der Waals surface area contributed by atoms with Gasteiger partial charge in [-0.15, -0.1) is 0 Å². The summed E-state index contributed by atoms with van der Waals surface area (Å²) in [5.74, 6) is 0.201. The van der Waals surface area contributed by atoms with Crippen molar-refractivity contribution in [3.63, 3.8) is 0 Å². The van der Waals surface area contributed by atoms with Crippen LogP contribution in [0.1, 0.15) is 120 Å². The van der Waals surface area contributed by atoms with Crippen LogP contribution in [0.15, 0.2) is 0 Å². The van der Waals surface area contributed by atoms with E-state index in [0.29, 0.717) is 30.5 Å². The molecule has 6 fully saturated rings. The molecule has 200 valence electrons. The molecule has 9 atom stereocenters. The molecule has 4 bridgehead atoms. The maximum atomic E-state index is 12.6. The van der Waals surface area contributed by atoms with Gasteiger partial charge in [0.05, 0.1) is 17.8 Å². The highest BCUT2D eigenvalue weighted by molar-refractivity contribution is 5.80. The van der Waals surface area contributed by atoms with Crippen LogP contribution in [-0.2, 0) is 19.0 Å². The zero-order valence-corrected chi connectivity index (χ0v) is 23.5. The molecule has 35 heavy (non-hydrogen) atoms. The number of hydrogen-bond acceptors (Lipinski definition) is 5. The maximum Gasteiger partial charge on any atom is 0.195 e. The first kappa shape index (κ1) is 26.1. The van der Waals surface area contributed by atoms with E-state index in [4.69, 9.17) is 14.2 Å². The molecule has 1 N–H and O–H groups in total. The summed E-state index contributed by atoms with van der Waals surface area (Å²) < 4.78 is 20.2. The predicted molar refractivity (Wildman–Crippen MR) is 136 cm³/mol. The summed E-state index contributed by atoms with van der Waals surface area (Å²) in [7, 11) is 0. The third-order valence-electron chi connectivity index (χ3n) is 12.2. The van der Waals surface area contributed by atoms with Gasteiger partial charge in [-0.3, -0.25) is 4.79 Å². The second kappa shape index (κ2) is 8.01. The lowest BCUT2D eigenvalue weighted by Crippen LogP contribution is -2.74. The van der Waals surface area contributed by atoms with Crippen LogP contribution in [0, 0.1) is 28.6 Å². The van der Waals surface area contributed by atoms with Crippen molar-refractivity contribution >= 4 is 5.78 Å². The van der Waals surface area contributed by atoms with Crippen molar-refractivity contribution in [2.24, 2.45) is 28.6 Å². The number of rotatable bonds is 7. The maximum absolute atomic E-state index is 12.6. The van der Waals surface area contributed by atoms with Gasteiger partial charge in [-0.05, 0) is 77.0 Å². The fraction of sp³-hybridized carbons (Fsp3) is 0.967. The Morgan fingerprint density at radius 1 is 0.857 bits per heavy atom. The Morgan fingerprint density at radius 2 is 1.51 bits per heavy atom.